The van der Waals surface area contributed by atoms with E-state index in [0.29, 0.717) is 6.42 Å². The molecule has 0 saturated heterocycles. The standard InChI is InChI=1S/C11H16FNO/c1-8(13)11(14)7-4-9-2-5-10(12)6-3-9/h2-3,5-6,8,11,14H,4,7,13H2,1H3. The quantitative estimate of drug-likeness (QED) is 0.767. The van der Waals surface area contributed by atoms with Crippen LogP contribution in [0.15, 0.2) is 24.3 Å². The molecule has 0 amide bonds. The lowest BCUT2D eigenvalue weighted by atomic mass is 10.0. The van der Waals surface area contributed by atoms with Crippen molar-refractivity contribution in [3.63, 3.8) is 0 Å². The molecule has 0 saturated carbocycles. The molecule has 0 aliphatic rings. The third-order valence-corrected chi connectivity index (χ3v) is 2.25. The maximum Gasteiger partial charge on any atom is 0.123 e. The molecule has 0 aliphatic carbocycles. The summed E-state index contributed by atoms with van der Waals surface area (Å²) in [5.41, 5.74) is 6.53. The van der Waals surface area contributed by atoms with E-state index in [1.54, 1.807) is 19.1 Å². The van der Waals surface area contributed by atoms with E-state index < -0.39 is 6.10 Å². The van der Waals surface area contributed by atoms with E-state index in [0.717, 1.165) is 12.0 Å². The van der Waals surface area contributed by atoms with Crippen LogP contribution < -0.4 is 5.73 Å². The van der Waals surface area contributed by atoms with Crippen LogP contribution in [-0.2, 0) is 6.42 Å². The number of hydrogen-bond donors (Lipinski definition) is 2. The van der Waals surface area contributed by atoms with E-state index in [-0.39, 0.29) is 11.9 Å². The van der Waals surface area contributed by atoms with Crippen molar-refractivity contribution >= 4 is 0 Å². The number of aryl methyl sites for hydroxylation is 1. The van der Waals surface area contributed by atoms with Gasteiger partial charge in [0.25, 0.3) is 0 Å². The number of benzene rings is 1. The summed E-state index contributed by atoms with van der Waals surface area (Å²) in [6.45, 7) is 1.77. The Morgan fingerprint density at radius 1 is 1.36 bits per heavy atom. The number of aliphatic hydroxyl groups excluding tert-OH is 1. The number of hydrogen-bond acceptors (Lipinski definition) is 2. The molecule has 78 valence electrons. The molecule has 2 atom stereocenters. The number of nitrogens with two attached hydrogens (primary N) is 1. The molecule has 1 aromatic carbocycles. The topological polar surface area (TPSA) is 46.2 Å². The van der Waals surface area contributed by atoms with E-state index in [1.807, 2.05) is 0 Å². The van der Waals surface area contributed by atoms with Gasteiger partial charge in [-0.2, -0.15) is 0 Å². The maximum absolute atomic E-state index is 12.5. The van der Waals surface area contributed by atoms with E-state index >= 15 is 0 Å². The Bertz CT molecular complexity index is 271. The van der Waals surface area contributed by atoms with Gasteiger partial charge in [0, 0.05) is 6.04 Å². The third-order valence-electron chi connectivity index (χ3n) is 2.25. The zero-order valence-electron chi connectivity index (χ0n) is 8.28. The molecular weight excluding hydrogens is 181 g/mol. The largest absolute Gasteiger partial charge is 0.392 e. The fourth-order valence-corrected chi connectivity index (χ4v) is 1.23. The average molecular weight is 197 g/mol. The zero-order chi connectivity index (χ0) is 10.6. The minimum absolute atomic E-state index is 0.213. The van der Waals surface area contributed by atoms with Gasteiger partial charge in [0.05, 0.1) is 6.10 Å². The minimum Gasteiger partial charge on any atom is -0.392 e. The van der Waals surface area contributed by atoms with Gasteiger partial charge in [-0.25, -0.2) is 4.39 Å². The summed E-state index contributed by atoms with van der Waals surface area (Å²) >= 11 is 0. The van der Waals surface area contributed by atoms with Crippen LogP contribution in [0.4, 0.5) is 4.39 Å². The average Bonchev–Trinajstić information content (AvgIpc) is 2.16. The number of rotatable bonds is 4. The molecule has 3 heteroatoms. The SMILES string of the molecule is CC(N)C(O)CCc1ccc(F)cc1. The van der Waals surface area contributed by atoms with Crippen LogP contribution in [0.5, 0.6) is 0 Å². The maximum atomic E-state index is 12.5. The van der Waals surface area contributed by atoms with Gasteiger partial charge >= 0.3 is 0 Å². The highest BCUT2D eigenvalue weighted by Gasteiger charge is 2.08. The summed E-state index contributed by atoms with van der Waals surface area (Å²) in [6.07, 6.45) is 0.854. The van der Waals surface area contributed by atoms with Crippen molar-refractivity contribution < 1.29 is 9.50 Å². The van der Waals surface area contributed by atoms with Crippen LogP contribution >= 0.6 is 0 Å². The molecule has 0 heterocycles. The first kappa shape index (κ1) is 11.1. The molecule has 0 aliphatic heterocycles. The smallest absolute Gasteiger partial charge is 0.123 e. The van der Waals surface area contributed by atoms with Crippen LogP contribution in [0, 0.1) is 5.82 Å². The Labute approximate surface area is 83.6 Å². The fourth-order valence-electron chi connectivity index (χ4n) is 1.23. The van der Waals surface area contributed by atoms with Crippen LogP contribution in [-0.4, -0.2) is 17.3 Å². The molecule has 0 spiro atoms. The molecule has 3 N–H and O–H groups in total. The van der Waals surface area contributed by atoms with E-state index in [4.69, 9.17) is 5.73 Å². The van der Waals surface area contributed by atoms with E-state index in [9.17, 15) is 9.50 Å². The predicted molar refractivity (Wildman–Crippen MR) is 54.4 cm³/mol. The van der Waals surface area contributed by atoms with Crippen molar-refractivity contribution in [2.75, 3.05) is 0 Å². The van der Waals surface area contributed by atoms with Gasteiger partial charge in [-0.05, 0) is 37.5 Å². The van der Waals surface area contributed by atoms with E-state index in [1.165, 1.54) is 12.1 Å². The van der Waals surface area contributed by atoms with Gasteiger partial charge in [0.1, 0.15) is 5.82 Å². The van der Waals surface area contributed by atoms with Gasteiger partial charge in [0.2, 0.25) is 0 Å². The first-order valence-corrected chi connectivity index (χ1v) is 4.77. The van der Waals surface area contributed by atoms with Crippen LogP contribution in [0.2, 0.25) is 0 Å². The lowest BCUT2D eigenvalue weighted by molar-refractivity contribution is 0.141. The van der Waals surface area contributed by atoms with Gasteiger partial charge in [0.15, 0.2) is 0 Å². The molecule has 0 aromatic heterocycles. The minimum atomic E-state index is -0.486. The summed E-state index contributed by atoms with van der Waals surface area (Å²) in [5.74, 6) is -0.235. The lowest BCUT2D eigenvalue weighted by Crippen LogP contribution is -2.31. The van der Waals surface area contributed by atoms with Crippen LogP contribution in [0.25, 0.3) is 0 Å². The summed E-state index contributed by atoms with van der Waals surface area (Å²) < 4.78 is 12.5. The number of halogens is 1. The number of aliphatic hydroxyl groups is 1. The van der Waals surface area contributed by atoms with E-state index in [2.05, 4.69) is 0 Å². The predicted octanol–water partition coefficient (Wildman–Crippen LogP) is 1.47. The molecule has 2 unspecified atom stereocenters. The first-order chi connectivity index (χ1) is 6.59. The Morgan fingerprint density at radius 2 is 1.93 bits per heavy atom. The third kappa shape index (κ3) is 3.44. The van der Waals surface area contributed by atoms with Crippen LogP contribution in [0.1, 0.15) is 18.9 Å². The highest BCUT2D eigenvalue weighted by molar-refractivity contribution is 5.16. The Morgan fingerprint density at radius 3 is 2.43 bits per heavy atom. The highest BCUT2D eigenvalue weighted by atomic mass is 19.1. The Kier molecular flexibility index (Phi) is 4.04. The fraction of sp³-hybridized carbons (Fsp3) is 0.455. The van der Waals surface area contributed by atoms with Crippen molar-refractivity contribution in [3.8, 4) is 0 Å². The summed E-state index contributed by atoms with van der Waals surface area (Å²) in [5, 5.41) is 9.44. The van der Waals surface area contributed by atoms with Gasteiger partial charge in [-0.1, -0.05) is 12.1 Å². The zero-order valence-corrected chi connectivity index (χ0v) is 8.28. The molecule has 0 radical (unpaired) electrons. The van der Waals surface area contributed by atoms with Crippen molar-refractivity contribution in [2.24, 2.45) is 5.73 Å². The lowest BCUT2D eigenvalue weighted by Gasteiger charge is -2.13. The second-order valence-electron chi connectivity index (χ2n) is 3.59. The second kappa shape index (κ2) is 5.08. The van der Waals surface area contributed by atoms with Crippen molar-refractivity contribution in [1.82, 2.24) is 0 Å². The van der Waals surface area contributed by atoms with Gasteiger partial charge in [-0.3, -0.25) is 0 Å². The van der Waals surface area contributed by atoms with Crippen molar-refractivity contribution in [3.05, 3.63) is 35.6 Å². The Balaban J connectivity index is 2.42. The van der Waals surface area contributed by atoms with Crippen LogP contribution in [0.3, 0.4) is 0 Å². The highest BCUT2D eigenvalue weighted by Crippen LogP contribution is 2.08. The molecule has 14 heavy (non-hydrogen) atoms. The normalized spacial score (nSPS) is 15.1. The summed E-state index contributed by atoms with van der Waals surface area (Å²) in [7, 11) is 0. The molecule has 0 fully saturated rings. The Hall–Kier alpha value is -0.930. The summed E-state index contributed by atoms with van der Waals surface area (Å²) in [4.78, 5) is 0. The van der Waals surface area contributed by atoms with Gasteiger partial charge < -0.3 is 10.8 Å². The summed E-state index contributed by atoms with van der Waals surface area (Å²) in [6, 6.07) is 6.09. The molecule has 0 bridgehead atoms. The molecule has 1 rings (SSSR count). The van der Waals surface area contributed by atoms with Crippen molar-refractivity contribution in [2.45, 2.75) is 31.9 Å². The first-order valence-electron chi connectivity index (χ1n) is 4.77. The van der Waals surface area contributed by atoms with Gasteiger partial charge in [-0.15, -0.1) is 0 Å². The van der Waals surface area contributed by atoms with Crippen molar-refractivity contribution in [1.29, 1.82) is 0 Å². The molecule has 2 nitrogen and oxygen atoms in total. The second-order valence-corrected chi connectivity index (χ2v) is 3.59. The molecule has 1 aromatic rings. The molecular formula is C11H16FNO. The monoisotopic (exact) mass is 197 g/mol.